The lowest BCUT2D eigenvalue weighted by Crippen LogP contribution is -2.29. The number of halogens is 5. The van der Waals surface area contributed by atoms with Crippen LogP contribution < -0.4 is 9.64 Å². The molecular weight excluding hydrogens is 539 g/mol. The molecule has 1 aliphatic rings. The van der Waals surface area contributed by atoms with Crippen LogP contribution in [0.25, 0.3) is 0 Å². The third-order valence-electron chi connectivity index (χ3n) is 6.07. The first-order valence-corrected chi connectivity index (χ1v) is 12.6. The maximum absolute atomic E-state index is 14.4. The van der Waals surface area contributed by atoms with E-state index in [-0.39, 0.29) is 18.6 Å². The summed E-state index contributed by atoms with van der Waals surface area (Å²) in [6.45, 7) is 6.53. The zero-order chi connectivity index (χ0) is 29.4. The van der Waals surface area contributed by atoms with Crippen LogP contribution in [0.1, 0.15) is 49.6 Å². The molecule has 40 heavy (non-hydrogen) atoms. The van der Waals surface area contributed by atoms with Gasteiger partial charge in [-0.1, -0.05) is 23.4 Å². The number of rotatable bonds is 8. The number of hydrogen-bond acceptors (Lipinski definition) is 7. The number of benzene rings is 2. The molecule has 1 saturated heterocycles. The van der Waals surface area contributed by atoms with Gasteiger partial charge in [0.25, 0.3) is 0 Å². The predicted molar refractivity (Wildman–Crippen MR) is 136 cm³/mol. The molecule has 2 aromatic carbocycles. The molecular formula is C27H31F5N4O4. The van der Waals surface area contributed by atoms with Crippen molar-refractivity contribution in [1.82, 2.24) is 15.0 Å². The Morgan fingerprint density at radius 2 is 1.75 bits per heavy atom. The third kappa shape index (κ3) is 9.18. The number of alkyl halides is 3. The summed E-state index contributed by atoms with van der Waals surface area (Å²) < 4.78 is 70.9. The van der Waals surface area contributed by atoms with Gasteiger partial charge in [0.15, 0.2) is 5.82 Å². The number of likely N-dealkylation sites (tertiary alicyclic amines) is 1. The molecule has 1 N–H and O–H groups in total. The largest absolute Gasteiger partial charge is 0.491 e. The molecule has 0 spiro atoms. The van der Waals surface area contributed by atoms with Crippen LogP contribution in [-0.4, -0.2) is 58.5 Å². The topological polar surface area (TPSA) is 91.9 Å². The van der Waals surface area contributed by atoms with E-state index in [9.17, 15) is 22.0 Å². The number of carbonyl (C=O) groups is 1. The van der Waals surface area contributed by atoms with Crippen molar-refractivity contribution < 1.29 is 41.1 Å². The molecule has 1 aliphatic heterocycles. The molecule has 0 saturated carbocycles. The van der Waals surface area contributed by atoms with E-state index in [2.05, 4.69) is 22.1 Å². The average Bonchev–Trinajstić information content (AvgIpc) is 3.36. The quantitative estimate of drug-likeness (QED) is 0.341. The monoisotopic (exact) mass is 570 g/mol. The summed E-state index contributed by atoms with van der Waals surface area (Å²) in [5.41, 5.74) is 1.34. The van der Waals surface area contributed by atoms with Gasteiger partial charge < -0.3 is 24.2 Å². The summed E-state index contributed by atoms with van der Waals surface area (Å²) in [5, 5.41) is 11.4. The summed E-state index contributed by atoms with van der Waals surface area (Å²) in [4.78, 5) is 17.7. The highest BCUT2D eigenvalue weighted by Gasteiger charge is 2.38. The van der Waals surface area contributed by atoms with Gasteiger partial charge >= 0.3 is 18.2 Å². The molecule has 2 heterocycles. The van der Waals surface area contributed by atoms with Gasteiger partial charge in [0, 0.05) is 24.1 Å². The van der Waals surface area contributed by atoms with Crippen LogP contribution in [0.3, 0.4) is 0 Å². The number of carboxylic acids is 1. The zero-order valence-electron chi connectivity index (χ0n) is 22.3. The summed E-state index contributed by atoms with van der Waals surface area (Å²) in [6, 6.07) is 11.7. The van der Waals surface area contributed by atoms with Gasteiger partial charge in [0.2, 0.25) is 0 Å². The van der Waals surface area contributed by atoms with Crippen molar-refractivity contribution in [2.45, 2.75) is 58.0 Å². The number of carboxylic acid groups (broad SMARTS) is 1. The number of nitrogens with zero attached hydrogens (tertiary/aromatic N) is 4. The van der Waals surface area contributed by atoms with Crippen molar-refractivity contribution in [2.75, 3.05) is 25.0 Å². The SMILES string of the molecule is CC(C)Oc1ccc(CN(Cc2ccc(F)cc2F)c2nc(C3CCN(C)CC3)no2)cc1.O=C(O)C(F)(F)F. The number of aromatic nitrogens is 2. The van der Waals surface area contributed by atoms with Crippen molar-refractivity contribution in [3.63, 3.8) is 0 Å². The summed E-state index contributed by atoms with van der Waals surface area (Å²) in [5.74, 6) is -2.25. The highest BCUT2D eigenvalue weighted by molar-refractivity contribution is 5.73. The molecule has 1 aromatic heterocycles. The molecule has 0 bridgehead atoms. The lowest BCUT2D eigenvalue weighted by Gasteiger charge is -2.26. The fraction of sp³-hybridized carbons (Fsp3) is 0.444. The minimum Gasteiger partial charge on any atom is -0.491 e. The standard InChI is InChI=1S/C25H30F2N4O2.C2HF3O2/c1-17(2)32-22-8-4-18(5-9-22)15-31(16-20-6-7-21(26)14-23(20)27)25-28-24(29-33-25)19-10-12-30(3)13-11-19;3-2(4,5)1(6)7/h4-9,14,17,19H,10-13,15-16H2,1-3H3;(H,6,7). The van der Waals surface area contributed by atoms with E-state index in [1.54, 1.807) is 0 Å². The van der Waals surface area contributed by atoms with Crippen molar-refractivity contribution in [1.29, 1.82) is 0 Å². The van der Waals surface area contributed by atoms with E-state index in [0.29, 0.717) is 23.9 Å². The van der Waals surface area contributed by atoms with Crippen molar-refractivity contribution in [3.8, 4) is 5.75 Å². The molecule has 8 nitrogen and oxygen atoms in total. The highest BCUT2D eigenvalue weighted by Crippen LogP contribution is 2.28. The molecule has 0 atom stereocenters. The lowest BCUT2D eigenvalue weighted by molar-refractivity contribution is -0.192. The molecule has 218 valence electrons. The number of hydrogen-bond donors (Lipinski definition) is 1. The molecule has 4 rings (SSSR count). The molecule has 0 unspecified atom stereocenters. The molecule has 1 fully saturated rings. The summed E-state index contributed by atoms with van der Waals surface area (Å²) in [6.07, 6.45) is -3.05. The Labute approximate surface area is 228 Å². The van der Waals surface area contributed by atoms with E-state index in [1.807, 2.05) is 43.0 Å². The van der Waals surface area contributed by atoms with Gasteiger partial charge in [-0.3, -0.25) is 0 Å². The number of aliphatic carboxylic acids is 1. The minimum absolute atomic E-state index is 0.0881. The fourth-order valence-corrected chi connectivity index (χ4v) is 4.00. The first kappa shape index (κ1) is 30.8. The van der Waals surface area contributed by atoms with Crippen LogP contribution in [0.5, 0.6) is 5.75 Å². The Morgan fingerprint density at radius 3 is 2.30 bits per heavy atom. The van der Waals surface area contributed by atoms with Crippen LogP contribution in [0, 0.1) is 11.6 Å². The van der Waals surface area contributed by atoms with Gasteiger partial charge in [-0.05, 0) is 70.6 Å². The van der Waals surface area contributed by atoms with E-state index < -0.39 is 23.8 Å². The van der Waals surface area contributed by atoms with E-state index in [4.69, 9.17) is 19.2 Å². The summed E-state index contributed by atoms with van der Waals surface area (Å²) in [7, 11) is 2.11. The maximum Gasteiger partial charge on any atom is 0.490 e. The fourth-order valence-electron chi connectivity index (χ4n) is 4.00. The van der Waals surface area contributed by atoms with Gasteiger partial charge in [-0.25, -0.2) is 13.6 Å². The molecule has 0 aliphatic carbocycles. The first-order valence-electron chi connectivity index (χ1n) is 12.6. The second-order valence-electron chi connectivity index (χ2n) is 9.72. The van der Waals surface area contributed by atoms with E-state index in [0.717, 1.165) is 43.3 Å². The van der Waals surface area contributed by atoms with Crippen molar-refractivity contribution >= 4 is 12.0 Å². The molecule has 0 amide bonds. The normalized spacial score (nSPS) is 14.5. The number of anilines is 1. The minimum atomic E-state index is -5.08. The third-order valence-corrected chi connectivity index (χ3v) is 6.07. The lowest BCUT2D eigenvalue weighted by atomic mass is 9.97. The predicted octanol–water partition coefficient (Wildman–Crippen LogP) is 5.78. The summed E-state index contributed by atoms with van der Waals surface area (Å²) >= 11 is 0. The van der Waals surface area contributed by atoms with Crippen LogP contribution in [0.2, 0.25) is 0 Å². The molecule has 3 aromatic rings. The van der Waals surface area contributed by atoms with Gasteiger partial charge in [0.1, 0.15) is 17.4 Å². The van der Waals surface area contributed by atoms with Crippen LogP contribution in [0.4, 0.5) is 28.0 Å². The Kier molecular flexibility index (Phi) is 10.4. The van der Waals surface area contributed by atoms with Crippen LogP contribution in [-0.2, 0) is 17.9 Å². The van der Waals surface area contributed by atoms with Gasteiger partial charge in [-0.2, -0.15) is 18.2 Å². The average molecular weight is 571 g/mol. The van der Waals surface area contributed by atoms with E-state index in [1.165, 1.54) is 12.1 Å². The zero-order valence-corrected chi connectivity index (χ0v) is 22.3. The highest BCUT2D eigenvalue weighted by atomic mass is 19.4. The van der Waals surface area contributed by atoms with Crippen molar-refractivity contribution in [3.05, 3.63) is 71.1 Å². The van der Waals surface area contributed by atoms with Gasteiger partial charge in [-0.15, -0.1) is 0 Å². The number of piperidine rings is 1. The Bertz CT molecular complexity index is 1240. The van der Waals surface area contributed by atoms with Crippen LogP contribution in [0.15, 0.2) is 47.0 Å². The molecule has 0 radical (unpaired) electrons. The van der Waals surface area contributed by atoms with Crippen molar-refractivity contribution in [2.24, 2.45) is 0 Å². The molecule has 13 heteroatoms. The second kappa shape index (κ2) is 13.6. The smallest absolute Gasteiger partial charge is 0.490 e. The Balaban J connectivity index is 0.000000559. The Hall–Kier alpha value is -3.74. The van der Waals surface area contributed by atoms with E-state index >= 15 is 0 Å². The first-order chi connectivity index (χ1) is 18.8. The number of ether oxygens (including phenoxy) is 1. The Morgan fingerprint density at radius 1 is 1.12 bits per heavy atom. The van der Waals surface area contributed by atoms with Crippen LogP contribution >= 0.6 is 0 Å². The van der Waals surface area contributed by atoms with Gasteiger partial charge in [0.05, 0.1) is 12.6 Å². The second-order valence-corrected chi connectivity index (χ2v) is 9.72. The maximum atomic E-state index is 14.4.